The molecule has 7 nitrogen and oxygen atoms in total. The third kappa shape index (κ3) is 4.73. The maximum Gasteiger partial charge on any atom is 0.224 e. The second-order valence-corrected chi connectivity index (χ2v) is 5.73. The SMILES string of the molecule is O=C(CCNc1ncccn1)N1CCN(Cc2ccccn2)CC1. The maximum atomic E-state index is 12.3. The lowest BCUT2D eigenvalue weighted by Crippen LogP contribution is -2.48. The Morgan fingerprint density at radius 2 is 1.75 bits per heavy atom. The van der Waals surface area contributed by atoms with Crippen LogP contribution in [0.15, 0.2) is 42.9 Å². The van der Waals surface area contributed by atoms with Gasteiger partial charge in [0.15, 0.2) is 0 Å². The van der Waals surface area contributed by atoms with Gasteiger partial charge in [0.1, 0.15) is 0 Å². The van der Waals surface area contributed by atoms with E-state index in [4.69, 9.17) is 0 Å². The Morgan fingerprint density at radius 3 is 2.46 bits per heavy atom. The minimum Gasteiger partial charge on any atom is -0.354 e. The van der Waals surface area contributed by atoms with E-state index in [-0.39, 0.29) is 5.91 Å². The molecule has 0 spiro atoms. The first-order valence-electron chi connectivity index (χ1n) is 8.22. The highest BCUT2D eigenvalue weighted by Gasteiger charge is 2.20. The summed E-state index contributed by atoms with van der Waals surface area (Å²) in [5.41, 5.74) is 1.07. The lowest BCUT2D eigenvalue weighted by Gasteiger charge is -2.34. The lowest BCUT2D eigenvalue weighted by atomic mass is 10.2. The summed E-state index contributed by atoms with van der Waals surface area (Å²) in [6.45, 7) is 4.71. The van der Waals surface area contributed by atoms with E-state index in [2.05, 4.69) is 25.2 Å². The van der Waals surface area contributed by atoms with Crippen LogP contribution in [0, 0.1) is 0 Å². The van der Waals surface area contributed by atoms with E-state index in [1.807, 2.05) is 29.3 Å². The van der Waals surface area contributed by atoms with Crippen molar-refractivity contribution < 1.29 is 4.79 Å². The van der Waals surface area contributed by atoms with Gasteiger partial charge in [-0.3, -0.25) is 14.7 Å². The second-order valence-electron chi connectivity index (χ2n) is 5.73. The monoisotopic (exact) mass is 326 g/mol. The number of aromatic nitrogens is 3. The number of carbonyl (C=O) groups is 1. The Morgan fingerprint density at radius 1 is 1.00 bits per heavy atom. The van der Waals surface area contributed by atoms with Crippen LogP contribution >= 0.6 is 0 Å². The van der Waals surface area contributed by atoms with Gasteiger partial charge in [-0.15, -0.1) is 0 Å². The average Bonchev–Trinajstić information content (AvgIpc) is 2.64. The van der Waals surface area contributed by atoms with Gasteiger partial charge in [0.2, 0.25) is 11.9 Å². The van der Waals surface area contributed by atoms with E-state index in [1.54, 1.807) is 18.5 Å². The van der Waals surface area contributed by atoms with Crippen LogP contribution < -0.4 is 5.32 Å². The number of hydrogen-bond acceptors (Lipinski definition) is 6. The van der Waals surface area contributed by atoms with E-state index < -0.39 is 0 Å². The van der Waals surface area contributed by atoms with E-state index >= 15 is 0 Å². The Balaban J connectivity index is 1.37. The number of pyridine rings is 1. The molecule has 0 aromatic carbocycles. The quantitative estimate of drug-likeness (QED) is 0.854. The normalized spacial score (nSPS) is 15.2. The molecular weight excluding hydrogens is 304 g/mol. The van der Waals surface area contributed by atoms with Crippen LogP contribution in [0.1, 0.15) is 12.1 Å². The Labute approximate surface area is 141 Å². The van der Waals surface area contributed by atoms with Crippen molar-refractivity contribution >= 4 is 11.9 Å². The Hall–Kier alpha value is -2.54. The molecule has 1 aliphatic heterocycles. The zero-order chi connectivity index (χ0) is 16.6. The molecule has 7 heteroatoms. The molecule has 24 heavy (non-hydrogen) atoms. The number of rotatable bonds is 6. The van der Waals surface area contributed by atoms with Gasteiger partial charge in [-0.2, -0.15) is 0 Å². The zero-order valence-corrected chi connectivity index (χ0v) is 13.6. The molecule has 0 aliphatic carbocycles. The number of carbonyl (C=O) groups excluding carboxylic acids is 1. The summed E-state index contributed by atoms with van der Waals surface area (Å²) >= 11 is 0. The van der Waals surface area contributed by atoms with Gasteiger partial charge < -0.3 is 10.2 Å². The molecule has 2 aromatic heterocycles. The number of nitrogens with one attached hydrogen (secondary N) is 1. The standard InChI is InChI=1S/C17H22N6O/c24-16(5-9-21-17-19-7-3-8-20-17)23-12-10-22(11-13-23)14-15-4-1-2-6-18-15/h1-4,6-8H,5,9-14H2,(H,19,20,21). The van der Waals surface area contributed by atoms with Crippen molar-refractivity contribution in [1.29, 1.82) is 0 Å². The third-order valence-electron chi connectivity index (χ3n) is 4.02. The van der Waals surface area contributed by atoms with Crippen molar-refractivity contribution in [2.24, 2.45) is 0 Å². The molecular formula is C17H22N6O. The zero-order valence-electron chi connectivity index (χ0n) is 13.6. The van der Waals surface area contributed by atoms with Crippen LogP contribution in [0.5, 0.6) is 0 Å². The van der Waals surface area contributed by atoms with Gasteiger partial charge in [-0.25, -0.2) is 9.97 Å². The van der Waals surface area contributed by atoms with Crippen molar-refractivity contribution in [1.82, 2.24) is 24.8 Å². The molecule has 1 N–H and O–H groups in total. The second kappa shape index (κ2) is 8.35. The van der Waals surface area contributed by atoms with Crippen molar-refractivity contribution in [2.75, 3.05) is 38.0 Å². The summed E-state index contributed by atoms with van der Waals surface area (Å²) < 4.78 is 0. The molecule has 1 amide bonds. The number of piperazine rings is 1. The highest BCUT2D eigenvalue weighted by Crippen LogP contribution is 2.08. The highest BCUT2D eigenvalue weighted by atomic mass is 16.2. The van der Waals surface area contributed by atoms with Crippen LogP contribution in [0.2, 0.25) is 0 Å². The smallest absolute Gasteiger partial charge is 0.224 e. The first-order valence-corrected chi connectivity index (χ1v) is 8.22. The number of hydrogen-bond donors (Lipinski definition) is 1. The molecule has 1 saturated heterocycles. The van der Waals surface area contributed by atoms with Gasteiger partial charge in [-0.05, 0) is 18.2 Å². The van der Waals surface area contributed by atoms with E-state index in [0.29, 0.717) is 18.9 Å². The molecule has 0 unspecified atom stereocenters. The van der Waals surface area contributed by atoms with Crippen molar-refractivity contribution in [3.05, 3.63) is 48.5 Å². The van der Waals surface area contributed by atoms with Crippen LogP contribution in [-0.2, 0) is 11.3 Å². The minimum atomic E-state index is 0.177. The molecule has 0 atom stereocenters. The summed E-state index contributed by atoms with van der Waals surface area (Å²) in [6.07, 6.45) is 5.63. The van der Waals surface area contributed by atoms with Gasteiger partial charge in [0, 0.05) is 64.3 Å². The molecule has 1 fully saturated rings. The number of anilines is 1. The topological polar surface area (TPSA) is 74.2 Å². The van der Waals surface area contributed by atoms with Crippen LogP contribution in [0.4, 0.5) is 5.95 Å². The average molecular weight is 326 g/mol. The molecule has 3 heterocycles. The van der Waals surface area contributed by atoms with E-state index in [1.165, 1.54) is 0 Å². The first kappa shape index (κ1) is 16.3. The van der Waals surface area contributed by atoms with Crippen LogP contribution in [0.3, 0.4) is 0 Å². The summed E-state index contributed by atoms with van der Waals surface area (Å²) in [7, 11) is 0. The summed E-state index contributed by atoms with van der Waals surface area (Å²) in [5.74, 6) is 0.737. The molecule has 126 valence electrons. The molecule has 0 saturated carbocycles. The fourth-order valence-electron chi connectivity index (χ4n) is 2.71. The van der Waals surface area contributed by atoms with Gasteiger partial charge in [0.25, 0.3) is 0 Å². The number of nitrogens with zero attached hydrogens (tertiary/aromatic N) is 5. The third-order valence-corrected chi connectivity index (χ3v) is 4.02. The highest BCUT2D eigenvalue weighted by molar-refractivity contribution is 5.76. The van der Waals surface area contributed by atoms with Crippen molar-refractivity contribution in [3.8, 4) is 0 Å². The van der Waals surface area contributed by atoms with Gasteiger partial charge >= 0.3 is 0 Å². The van der Waals surface area contributed by atoms with Crippen molar-refractivity contribution in [3.63, 3.8) is 0 Å². The minimum absolute atomic E-state index is 0.177. The molecule has 1 aliphatic rings. The van der Waals surface area contributed by atoms with Gasteiger partial charge in [0.05, 0.1) is 5.69 Å². The number of amides is 1. The summed E-state index contributed by atoms with van der Waals surface area (Å²) in [6, 6.07) is 7.73. The fraction of sp³-hybridized carbons (Fsp3) is 0.412. The van der Waals surface area contributed by atoms with Crippen molar-refractivity contribution in [2.45, 2.75) is 13.0 Å². The lowest BCUT2D eigenvalue weighted by molar-refractivity contribution is -0.132. The Bertz CT molecular complexity index is 628. The van der Waals surface area contributed by atoms with E-state index in [0.717, 1.165) is 38.4 Å². The van der Waals surface area contributed by atoms with E-state index in [9.17, 15) is 4.79 Å². The predicted octanol–water partition coefficient (Wildman–Crippen LogP) is 1.02. The molecule has 2 aromatic rings. The first-order chi connectivity index (χ1) is 11.8. The summed E-state index contributed by atoms with van der Waals surface area (Å²) in [4.78, 5) is 29.0. The van der Waals surface area contributed by atoms with Gasteiger partial charge in [-0.1, -0.05) is 6.07 Å². The summed E-state index contributed by atoms with van der Waals surface area (Å²) in [5, 5.41) is 3.07. The van der Waals surface area contributed by atoms with Crippen LogP contribution in [-0.4, -0.2) is 63.4 Å². The largest absolute Gasteiger partial charge is 0.354 e. The fourth-order valence-corrected chi connectivity index (χ4v) is 2.71. The molecule has 0 radical (unpaired) electrons. The predicted molar refractivity (Wildman–Crippen MR) is 91.2 cm³/mol. The maximum absolute atomic E-state index is 12.3. The molecule has 3 rings (SSSR count). The molecule has 0 bridgehead atoms. The Kier molecular flexibility index (Phi) is 5.68. The van der Waals surface area contributed by atoms with Crippen LogP contribution in [0.25, 0.3) is 0 Å².